The molecule has 1 aliphatic rings. The van der Waals surface area contributed by atoms with Gasteiger partial charge in [-0.2, -0.15) is 0 Å². The predicted octanol–water partition coefficient (Wildman–Crippen LogP) is 3.87. The van der Waals surface area contributed by atoms with Gasteiger partial charge in [-0.15, -0.1) is 0 Å². The van der Waals surface area contributed by atoms with Crippen LogP contribution in [0, 0.1) is 11.8 Å². The Morgan fingerprint density at radius 2 is 1.62 bits per heavy atom. The topological polar surface area (TPSA) is 52.6 Å². The fourth-order valence-electron chi connectivity index (χ4n) is 2.64. The van der Waals surface area contributed by atoms with Crippen molar-refractivity contribution in [1.82, 2.24) is 0 Å². The van der Waals surface area contributed by atoms with Crippen LogP contribution >= 0.6 is 0 Å². The number of carbonyl (C=O) groups excluding carboxylic acids is 2. The highest BCUT2D eigenvalue weighted by atomic mass is 16.6. The molecule has 0 amide bonds. The molecule has 21 heavy (non-hydrogen) atoms. The lowest BCUT2D eigenvalue weighted by molar-refractivity contribution is -0.163. The van der Waals surface area contributed by atoms with Crippen molar-refractivity contribution in [3.63, 3.8) is 0 Å². The molecule has 0 saturated heterocycles. The van der Waals surface area contributed by atoms with Crippen molar-refractivity contribution in [3.05, 3.63) is 0 Å². The number of unbranched alkanes of at least 4 members (excludes halogenated alkanes) is 2. The molecule has 0 aromatic heterocycles. The third-order valence-corrected chi connectivity index (χ3v) is 4.09. The summed E-state index contributed by atoms with van der Waals surface area (Å²) in [6.45, 7) is 4.94. The standard InChI is InChI=1S/C17H30O4/c1-3-5-11-15(16(18)20-12-6-4-2)17(19)21-13-14-9-7-8-10-14/h14-15H,3-13H2,1-2H3. The van der Waals surface area contributed by atoms with Crippen LogP contribution in [0.3, 0.4) is 0 Å². The van der Waals surface area contributed by atoms with E-state index < -0.39 is 17.9 Å². The van der Waals surface area contributed by atoms with Crippen LogP contribution in [0.15, 0.2) is 0 Å². The Morgan fingerprint density at radius 3 is 2.24 bits per heavy atom. The molecule has 1 unspecified atom stereocenters. The number of rotatable bonds is 10. The van der Waals surface area contributed by atoms with Gasteiger partial charge < -0.3 is 9.47 Å². The Bertz CT molecular complexity index is 308. The van der Waals surface area contributed by atoms with Crippen LogP contribution in [0.5, 0.6) is 0 Å². The van der Waals surface area contributed by atoms with Gasteiger partial charge in [0.1, 0.15) is 0 Å². The molecule has 1 rings (SSSR count). The molecule has 122 valence electrons. The van der Waals surface area contributed by atoms with Gasteiger partial charge in [0.2, 0.25) is 0 Å². The number of ether oxygens (including phenoxy) is 2. The minimum atomic E-state index is -0.733. The molecule has 0 aliphatic heterocycles. The van der Waals surface area contributed by atoms with Crippen molar-refractivity contribution >= 4 is 11.9 Å². The maximum Gasteiger partial charge on any atom is 0.320 e. The maximum absolute atomic E-state index is 12.2. The van der Waals surface area contributed by atoms with Crippen LogP contribution in [0.1, 0.15) is 71.6 Å². The quantitative estimate of drug-likeness (QED) is 0.349. The molecule has 1 aliphatic carbocycles. The van der Waals surface area contributed by atoms with Crippen LogP contribution in [0.25, 0.3) is 0 Å². The second-order valence-electron chi connectivity index (χ2n) is 6.00. The zero-order valence-corrected chi connectivity index (χ0v) is 13.6. The molecule has 1 atom stereocenters. The van der Waals surface area contributed by atoms with E-state index in [2.05, 4.69) is 0 Å². The number of hydrogen-bond acceptors (Lipinski definition) is 4. The molecule has 1 fully saturated rings. The van der Waals surface area contributed by atoms with E-state index in [-0.39, 0.29) is 0 Å². The van der Waals surface area contributed by atoms with E-state index in [0.717, 1.165) is 38.5 Å². The lowest BCUT2D eigenvalue weighted by Crippen LogP contribution is -2.29. The SMILES string of the molecule is CCCCOC(=O)C(CCCC)C(=O)OCC1CCCC1. The van der Waals surface area contributed by atoms with E-state index in [1.54, 1.807) is 0 Å². The van der Waals surface area contributed by atoms with E-state index in [9.17, 15) is 9.59 Å². The molecule has 0 bridgehead atoms. The number of hydrogen-bond donors (Lipinski definition) is 0. The molecular formula is C17H30O4. The Labute approximate surface area is 128 Å². The number of carbonyl (C=O) groups is 2. The fourth-order valence-corrected chi connectivity index (χ4v) is 2.64. The second-order valence-corrected chi connectivity index (χ2v) is 6.00. The first kappa shape index (κ1) is 18.0. The fraction of sp³-hybridized carbons (Fsp3) is 0.882. The molecule has 4 nitrogen and oxygen atoms in total. The van der Waals surface area contributed by atoms with Crippen molar-refractivity contribution < 1.29 is 19.1 Å². The average Bonchev–Trinajstić information content (AvgIpc) is 2.99. The summed E-state index contributed by atoms with van der Waals surface area (Å²) < 4.78 is 10.6. The summed E-state index contributed by atoms with van der Waals surface area (Å²) in [4.78, 5) is 24.2. The summed E-state index contributed by atoms with van der Waals surface area (Å²) in [7, 11) is 0. The second kappa shape index (κ2) is 10.6. The first-order chi connectivity index (χ1) is 10.2. The van der Waals surface area contributed by atoms with E-state index in [4.69, 9.17) is 9.47 Å². The summed E-state index contributed by atoms with van der Waals surface area (Å²) in [6, 6.07) is 0. The molecule has 0 spiro atoms. The van der Waals surface area contributed by atoms with Gasteiger partial charge in [-0.3, -0.25) is 9.59 Å². The highest BCUT2D eigenvalue weighted by Gasteiger charge is 2.30. The zero-order chi connectivity index (χ0) is 15.5. The van der Waals surface area contributed by atoms with Gasteiger partial charge in [-0.05, 0) is 31.6 Å². The molecule has 0 aromatic carbocycles. The first-order valence-electron chi connectivity index (χ1n) is 8.52. The Kier molecular flexibility index (Phi) is 9.11. The molecule has 0 aromatic rings. The van der Waals surface area contributed by atoms with Crippen LogP contribution < -0.4 is 0 Å². The molecule has 4 heteroatoms. The summed E-state index contributed by atoms with van der Waals surface area (Å²) in [5.41, 5.74) is 0. The van der Waals surface area contributed by atoms with Crippen LogP contribution in [-0.2, 0) is 19.1 Å². The molecule has 1 saturated carbocycles. The lowest BCUT2D eigenvalue weighted by atomic mass is 10.0. The normalized spacial score (nSPS) is 16.7. The van der Waals surface area contributed by atoms with Crippen molar-refractivity contribution in [2.24, 2.45) is 11.8 Å². The van der Waals surface area contributed by atoms with E-state index in [1.165, 1.54) is 12.8 Å². The smallest absolute Gasteiger partial charge is 0.320 e. The summed E-state index contributed by atoms with van der Waals surface area (Å²) in [5.74, 6) is -1.05. The van der Waals surface area contributed by atoms with Crippen molar-refractivity contribution in [3.8, 4) is 0 Å². The highest BCUT2D eigenvalue weighted by molar-refractivity contribution is 5.94. The van der Waals surface area contributed by atoms with Gasteiger partial charge in [-0.25, -0.2) is 0 Å². The summed E-state index contributed by atoms with van der Waals surface area (Å²) in [6.07, 6.45) is 8.84. The van der Waals surface area contributed by atoms with Crippen molar-refractivity contribution in [1.29, 1.82) is 0 Å². The Balaban J connectivity index is 2.41. The molecule has 0 N–H and O–H groups in total. The van der Waals surface area contributed by atoms with Gasteiger partial charge >= 0.3 is 11.9 Å². The van der Waals surface area contributed by atoms with E-state index in [0.29, 0.717) is 25.6 Å². The van der Waals surface area contributed by atoms with Gasteiger partial charge in [0.15, 0.2) is 5.92 Å². The van der Waals surface area contributed by atoms with E-state index in [1.807, 2.05) is 13.8 Å². The zero-order valence-electron chi connectivity index (χ0n) is 13.6. The molecule has 0 radical (unpaired) electrons. The minimum absolute atomic E-state index is 0.392. The maximum atomic E-state index is 12.2. The predicted molar refractivity (Wildman–Crippen MR) is 81.8 cm³/mol. The number of esters is 2. The third kappa shape index (κ3) is 6.96. The van der Waals surface area contributed by atoms with Gasteiger partial charge in [-0.1, -0.05) is 46.0 Å². The Morgan fingerprint density at radius 1 is 1.00 bits per heavy atom. The van der Waals surface area contributed by atoms with Crippen LogP contribution in [0.4, 0.5) is 0 Å². The van der Waals surface area contributed by atoms with Gasteiger partial charge in [0.05, 0.1) is 13.2 Å². The molecular weight excluding hydrogens is 268 g/mol. The summed E-state index contributed by atoms with van der Waals surface area (Å²) in [5, 5.41) is 0. The lowest BCUT2D eigenvalue weighted by Gasteiger charge is -2.16. The van der Waals surface area contributed by atoms with Gasteiger partial charge in [0.25, 0.3) is 0 Å². The minimum Gasteiger partial charge on any atom is -0.465 e. The highest BCUT2D eigenvalue weighted by Crippen LogP contribution is 2.25. The van der Waals surface area contributed by atoms with Gasteiger partial charge in [0, 0.05) is 0 Å². The first-order valence-corrected chi connectivity index (χ1v) is 8.52. The van der Waals surface area contributed by atoms with Crippen LogP contribution in [0.2, 0.25) is 0 Å². The summed E-state index contributed by atoms with van der Waals surface area (Å²) >= 11 is 0. The third-order valence-electron chi connectivity index (χ3n) is 4.09. The van der Waals surface area contributed by atoms with Crippen LogP contribution in [-0.4, -0.2) is 25.2 Å². The van der Waals surface area contributed by atoms with E-state index >= 15 is 0 Å². The van der Waals surface area contributed by atoms with Crippen molar-refractivity contribution in [2.45, 2.75) is 71.6 Å². The largest absolute Gasteiger partial charge is 0.465 e. The van der Waals surface area contributed by atoms with Crippen molar-refractivity contribution in [2.75, 3.05) is 13.2 Å². The monoisotopic (exact) mass is 298 g/mol. The Hall–Kier alpha value is -1.06. The molecule has 0 heterocycles. The average molecular weight is 298 g/mol.